The highest BCUT2D eigenvalue weighted by Gasteiger charge is 2.27. The van der Waals surface area contributed by atoms with Gasteiger partial charge in [-0.3, -0.25) is 4.79 Å². The second-order valence-corrected chi connectivity index (χ2v) is 8.75. The van der Waals surface area contributed by atoms with Crippen molar-refractivity contribution in [1.82, 2.24) is 14.9 Å². The topological polar surface area (TPSA) is 107 Å². The molecule has 0 saturated heterocycles. The summed E-state index contributed by atoms with van der Waals surface area (Å²) in [6, 6.07) is 4.96. The Kier molecular flexibility index (Phi) is 4.58. The highest BCUT2D eigenvalue weighted by Crippen LogP contribution is 2.29. The number of thioether (sulfide) groups is 1. The summed E-state index contributed by atoms with van der Waals surface area (Å²) in [7, 11) is -3.77. The summed E-state index contributed by atoms with van der Waals surface area (Å²) in [4.78, 5) is 16.7. The number of aryl methyl sites for hydroxylation is 1. The van der Waals surface area contributed by atoms with Crippen LogP contribution in [0.2, 0.25) is 0 Å². The number of benzene rings is 1. The van der Waals surface area contributed by atoms with Gasteiger partial charge in [-0.25, -0.2) is 18.5 Å². The average molecular weight is 368 g/mol. The quantitative estimate of drug-likeness (QED) is 0.751. The lowest BCUT2D eigenvalue weighted by Gasteiger charge is -2.12. The Hall–Kier alpha value is -1.58. The summed E-state index contributed by atoms with van der Waals surface area (Å²) in [6.45, 7) is 4.50. The number of hydrogen-bond donors (Lipinski definition) is 2. The summed E-state index contributed by atoms with van der Waals surface area (Å²) in [5, 5.41) is 8.58. The highest BCUT2D eigenvalue weighted by atomic mass is 32.2. The van der Waals surface area contributed by atoms with Crippen molar-refractivity contribution >= 4 is 38.7 Å². The lowest BCUT2D eigenvalue weighted by atomic mass is 10.3. The molecule has 7 nitrogen and oxygen atoms in total. The number of primary sulfonamides is 1. The van der Waals surface area contributed by atoms with Crippen LogP contribution in [0, 0.1) is 0 Å². The minimum absolute atomic E-state index is 0.00225. The molecule has 1 aliphatic carbocycles. The molecule has 1 atom stereocenters. The predicted molar refractivity (Wildman–Crippen MR) is 93.3 cm³/mol. The molecule has 1 aromatic heterocycles. The molecule has 1 saturated carbocycles. The van der Waals surface area contributed by atoms with Crippen LogP contribution in [0.1, 0.15) is 26.7 Å². The molecular formula is C15H20N4O3S2. The molecule has 0 bridgehead atoms. The number of imidazole rings is 1. The Morgan fingerprint density at radius 2 is 2.21 bits per heavy atom. The first-order valence-electron chi connectivity index (χ1n) is 7.79. The van der Waals surface area contributed by atoms with E-state index in [0.717, 1.165) is 18.4 Å². The molecule has 9 heteroatoms. The number of carbonyl (C=O) groups excluding carboxylic acids is 1. The maximum absolute atomic E-state index is 12.1. The zero-order chi connectivity index (χ0) is 17.5. The van der Waals surface area contributed by atoms with E-state index in [1.54, 1.807) is 6.07 Å². The maximum atomic E-state index is 12.1. The first-order valence-corrected chi connectivity index (χ1v) is 10.2. The van der Waals surface area contributed by atoms with Crippen molar-refractivity contribution in [3.63, 3.8) is 0 Å². The molecule has 1 aromatic carbocycles. The molecule has 1 unspecified atom stereocenters. The van der Waals surface area contributed by atoms with Crippen LogP contribution in [0.4, 0.5) is 0 Å². The van der Waals surface area contributed by atoms with E-state index in [9.17, 15) is 13.2 Å². The van der Waals surface area contributed by atoms with Crippen LogP contribution in [0.5, 0.6) is 0 Å². The van der Waals surface area contributed by atoms with Crippen LogP contribution in [0.25, 0.3) is 11.0 Å². The predicted octanol–water partition coefficient (Wildman–Crippen LogP) is 1.46. The van der Waals surface area contributed by atoms with Crippen LogP contribution in [-0.4, -0.2) is 35.2 Å². The van der Waals surface area contributed by atoms with Gasteiger partial charge in [0.25, 0.3) is 0 Å². The van der Waals surface area contributed by atoms with Crippen molar-refractivity contribution in [2.45, 2.75) is 54.6 Å². The number of aromatic nitrogens is 2. The number of amides is 1. The summed E-state index contributed by atoms with van der Waals surface area (Å²) in [5.41, 5.74) is 1.38. The Labute approximate surface area is 145 Å². The zero-order valence-corrected chi connectivity index (χ0v) is 15.2. The van der Waals surface area contributed by atoms with Gasteiger partial charge >= 0.3 is 0 Å². The lowest BCUT2D eigenvalue weighted by molar-refractivity contribution is -0.120. The highest BCUT2D eigenvalue weighted by molar-refractivity contribution is 8.00. The molecule has 1 amide bonds. The first-order chi connectivity index (χ1) is 11.3. The Morgan fingerprint density at radius 3 is 2.79 bits per heavy atom. The van der Waals surface area contributed by atoms with Crippen molar-refractivity contribution in [1.29, 1.82) is 0 Å². The van der Waals surface area contributed by atoms with E-state index in [-0.39, 0.29) is 16.1 Å². The van der Waals surface area contributed by atoms with Crippen LogP contribution in [0.15, 0.2) is 28.3 Å². The fraction of sp³-hybridized carbons (Fsp3) is 0.467. The molecule has 3 rings (SSSR count). The number of carbonyl (C=O) groups is 1. The molecular weight excluding hydrogens is 348 g/mol. The second-order valence-electron chi connectivity index (χ2n) is 5.88. The van der Waals surface area contributed by atoms with Gasteiger partial charge in [-0.1, -0.05) is 11.8 Å². The molecule has 1 fully saturated rings. The van der Waals surface area contributed by atoms with Gasteiger partial charge < -0.3 is 9.88 Å². The fourth-order valence-electron chi connectivity index (χ4n) is 2.42. The largest absolute Gasteiger partial charge is 0.352 e. The molecule has 24 heavy (non-hydrogen) atoms. The number of nitrogens with one attached hydrogen (secondary N) is 1. The molecule has 0 aliphatic heterocycles. The molecule has 0 spiro atoms. The zero-order valence-electron chi connectivity index (χ0n) is 13.5. The maximum Gasteiger partial charge on any atom is 0.238 e. The van der Waals surface area contributed by atoms with Crippen molar-refractivity contribution in [2.24, 2.45) is 5.14 Å². The SMILES string of the molecule is CCn1c(SC(C)C(=O)NC2CC2)nc2cc(S(N)(=O)=O)ccc21. The number of sulfonamides is 1. The summed E-state index contributed by atoms with van der Waals surface area (Å²) < 4.78 is 25.0. The number of nitrogens with two attached hydrogens (primary N) is 1. The molecule has 1 aliphatic rings. The standard InChI is InChI=1S/C15H20N4O3S2/c1-3-19-13-7-6-11(24(16,21)22)8-12(13)18-15(19)23-9(2)14(20)17-10-4-5-10/h6-10H,3-5H2,1-2H3,(H,17,20)(H2,16,21,22). The van der Waals surface area contributed by atoms with Crippen LogP contribution >= 0.6 is 11.8 Å². The van der Waals surface area contributed by atoms with E-state index in [4.69, 9.17) is 5.14 Å². The third kappa shape index (κ3) is 3.57. The van der Waals surface area contributed by atoms with E-state index in [1.165, 1.54) is 23.9 Å². The van der Waals surface area contributed by atoms with E-state index >= 15 is 0 Å². The third-order valence-electron chi connectivity index (χ3n) is 3.90. The summed E-state index contributed by atoms with van der Waals surface area (Å²) in [6.07, 6.45) is 2.10. The lowest BCUT2D eigenvalue weighted by Crippen LogP contribution is -2.32. The van der Waals surface area contributed by atoms with Gasteiger partial charge in [-0.15, -0.1) is 0 Å². The molecule has 3 N–H and O–H groups in total. The Bertz CT molecular complexity index is 888. The van der Waals surface area contributed by atoms with Gasteiger partial charge in [-0.05, 0) is 44.9 Å². The fourth-order valence-corrected chi connectivity index (χ4v) is 3.95. The summed E-state index contributed by atoms with van der Waals surface area (Å²) >= 11 is 1.37. The molecule has 1 heterocycles. The van der Waals surface area contributed by atoms with E-state index in [0.29, 0.717) is 23.3 Å². The molecule has 2 aromatic rings. The van der Waals surface area contributed by atoms with Crippen molar-refractivity contribution in [3.05, 3.63) is 18.2 Å². The van der Waals surface area contributed by atoms with Crippen LogP contribution in [0.3, 0.4) is 0 Å². The first kappa shape index (κ1) is 17.2. The normalized spacial score (nSPS) is 16.3. The van der Waals surface area contributed by atoms with Crippen LogP contribution in [-0.2, 0) is 21.4 Å². The third-order valence-corrected chi connectivity index (χ3v) is 5.91. The molecule has 0 radical (unpaired) electrons. The van der Waals surface area contributed by atoms with Crippen molar-refractivity contribution < 1.29 is 13.2 Å². The van der Waals surface area contributed by atoms with Gasteiger partial charge in [-0.2, -0.15) is 0 Å². The summed E-state index contributed by atoms with van der Waals surface area (Å²) in [5.74, 6) is 0.00225. The number of nitrogens with zero attached hydrogens (tertiary/aromatic N) is 2. The number of rotatable bonds is 6. The van der Waals surface area contributed by atoms with E-state index < -0.39 is 10.0 Å². The van der Waals surface area contributed by atoms with Gasteiger partial charge in [0.1, 0.15) is 0 Å². The molecule has 130 valence electrons. The van der Waals surface area contributed by atoms with E-state index in [2.05, 4.69) is 10.3 Å². The van der Waals surface area contributed by atoms with E-state index in [1.807, 2.05) is 18.4 Å². The monoisotopic (exact) mass is 368 g/mol. The van der Waals surface area contributed by atoms with Crippen molar-refractivity contribution in [2.75, 3.05) is 0 Å². The van der Waals surface area contributed by atoms with Gasteiger partial charge in [0.15, 0.2) is 5.16 Å². The number of fused-ring (bicyclic) bond motifs is 1. The Morgan fingerprint density at radius 1 is 1.50 bits per heavy atom. The minimum atomic E-state index is -3.77. The second kappa shape index (κ2) is 6.38. The van der Waals surface area contributed by atoms with Crippen LogP contribution < -0.4 is 10.5 Å². The minimum Gasteiger partial charge on any atom is -0.352 e. The number of hydrogen-bond acceptors (Lipinski definition) is 5. The van der Waals surface area contributed by atoms with Gasteiger partial charge in [0.2, 0.25) is 15.9 Å². The van der Waals surface area contributed by atoms with Crippen molar-refractivity contribution in [3.8, 4) is 0 Å². The Balaban J connectivity index is 1.90. The van der Waals surface area contributed by atoms with Gasteiger partial charge in [0, 0.05) is 12.6 Å². The van der Waals surface area contributed by atoms with Gasteiger partial charge in [0.05, 0.1) is 21.2 Å². The smallest absolute Gasteiger partial charge is 0.238 e. The average Bonchev–Trinajstić information content (AvgIpc) is 3.25.